The van der Waals surface area contributed by atoms with E-state index in [-0.39, 0.29) is 17.7 Å². The molecule has 0 N–H and O–H groups in total. The number of ketones is 1. The van der Waals surface area contributed by atoms with Crippen LogP contribution in [0.3, 0.4) is 0 Å². The van der Waals surface area contributed by atoms with Crippen LogP contribution in [0.5, 0.6) is 0 Å². The van der Waals surface area contributed by atoms with Gasteiger partial charge < -0.3 is 23.9 Å². The van der Waals surface area contributed by atoms with Crippen LogP contribution >= 0.6 is 0 Å². The first-order valence-corrected chi connectivity index (χ1v) is 17.6. The quantitative estimate of drug-likeness (QED) is 0.115. The summed E-state index contributed by atoms with van der Waals surface area (Å²) >= 11 is 0. The van der Waals surface area contributed by atoms with E-state index in [9.17, 15) is 14.4 Å². The van der Waals surface area contributed by atoms with Crippen molar-refractivity contribution in [1.29, 1.82) is 0 Å². The van der Waals surface area contributed by atoms with E-state index in [4.69, 9.17) is 4.42 Å². The van der Waals surface area contributed by atoms with Crippen LogP contribution in [0.1, 0.15) is 41.1 Å². The van der Waals surface area contributed by atoms with Gasteiger partial charge in [-0.15, -0.1) is 0 Å². The molecule has 2 aliphatic heterocycles. The average molecular weight is 678 g/mol. The maximum atomic E-state index is 13.3. The molecule has 10 nitrogen and oxygen atoms in total. The fourth-order valence-electron chi connectivity index (χ4n) is 6.72. The van der Waals surface area contributed by atoms with E-state index in [1.54, 1.807) is 6.08 Å². The third-order valence-corrected chi connectivity index (χ3v) is 9.81. The number of benzene rings is 3. The van der Waals surface area contributed by atoms with Crippen LogP contribution in [0.2, 0.25) is 0 Å². The summed E-state index contributed by atoms with van der Waals surface area (Å²) in [7, 11) is 1.37. The lowest BCUT2D eigenvalue weighted by Gasteiger charge is -2.38. The Balaban J connectivity index is 0.938. The highest BCUT2D eigenvalue weighted by Crippen LogP contribution is 2.27. The number of nitrogens with zero attached hydrogens (tertiary/aromatic N) is 5. The van der Waals surface area contributed by atoms with Crippen molar-refractivity contribution in [3.63, 3.8) is 0 Å². The van der Waals surface area contributed by atoms with Crippen molar-refractivity contribution < 1.29 is 23.5 Å². The Morgan fingerprint density at radius 3 is 2.14 bits per heavy atom. The number of amides is 1. The zero-order valence-corrected chi connectivity index (χ0v) is 29.3. The molecular formula is C40H47N5O5. The third-order valence-electron chi connectivity index (χ3n) is 9.81. The molecule has 0 aliphatic carbocycles. The predicted molar refractivity (Wildman–Crippen MR) is 198 cm³/mol. The number of fused-ring (bicyclic) bond motifs is 1. The monoisotopic (exact) mass is 677 g/mol. The van der Waals surface area contributed by atoms with Crippen LogP contribution in [0.4, 0.5) is 11.4 Å². The van der Waals surface area contributed by atoms with Gasteiger partial charge in [-0.2, -0.15) is 0 Å². The van der Waals surface area contributed by atoms with Crippen molar-refractivity contribution >= 4 is 46.1 Å². The molecule has 3 heterocycles. The molecule has 0 saturated carbocycles. The van der Waals surface area contributed by atoms with Gasteiger partial charge in [-0.25, -0.2) is 4.79 Å². The lowest BCUT2D eigenvalue weighted by Crippen LogP contribution is -2.53. The van der Waals surface area contributed by atoms with Gasteiger partial charge in [0.1, 0.15) is 5.58 Å². The van der Waals surface area contributed by atoms with Gasteiger partial charge in [0.2, 0.25) is 11.7 Å². The third kappa shape index (κ3) is 8.43. The van der Waals surface area contributed by atoms with E-state index < -0.39 is 0 Å². The SMILES string of the molecule is CCN(CC)c1ccc2cc(C(=O)c3ccc(N4CCN(C(=O)CN5CCN(Cc6ccc(/C=C/C(=O)OC)cc6)CC5)CC4)cc3)oc2c1. The predicted octanol–water partition coefficient (Wildman–Crippen LogP) is 5.16. The number of piperazine rings is 2. The van der Waals surface area contributed by atoms with E-state index >= 15 is 0 Å². The van der Waals surface area contributed by atoms with E-state index in [1.807, 2.05) is 59.5 Å². The van der Waals surface area contributed by atoms with Gasteiger partial charge in [-0.05, 0) is 73.5 Å². The van der Waals surface area contributed by atoms with Crippen molar-refractivity contribution in [1.82, 2.24) is 14.7 Å². The van der Waals surface area contributed by atoms with E-state index in [2.05, 4.69) is 56.4 Å². The van der Waals surface area contributed by atoms with Gasteiger partial charge in [0.05, 0.1) is 13.7 Å². The second-order valence-corrected chi connectivity index (χ2v) is 12.9. The molecule has 2 aliphatic rings. The smallest absolute Gasteiger partial charge is 0.330 e. The second-order valence-electron chi connectivity index (χ2n) is 12.9. The topological polar surface area (TPSA) is 89.8 Å². The largest absolute Gasteiger partial charge is 0.466 e. The Labute approximate surface area is 294 Å². The Hall–Kier alpha value is -4.93. The van der Waals surface area contributed by atoms with E-state index in [0.717, 1.165) is 86.8 Å². The number of carbonyl (C=O) groups is 3. The van der Waals surface area contributed by atoms with Crippen LogP contribution in [-0.2, 0) is 20.9 Å². The molecule has 0 radical (unpaired) electrons. The fourth-order valence-corrected chi connectivity index (χ4v) is 6.72. The molecule has 2 fully saturated rings. The molecule has 262 valence electrons. The first kappa shape index (κ1) is 34.9. The summed E-state index contributed by atoms with van der Waals surface area (Å²) in [5.74, 6) is 0.0313. The van der Waals surface area contributed by atoms with Crippen molar-refractivity contribution in [2.75, 3.05) is 88.9 Å². The maximum absolute atomic E-state index is 13.3. The van der Waals surface area contributed by atoms with Gasteiger partial charge in [0, 0.05) is 106 Å². The first-order chi connectivity index (χ1) is 24.3. The standard InChI is InChI=1S/C40H47N5O5/c1-4-43(5-2)35-16-13-33-26-37(50-36(33)27-35)40(48)32-11-14-34(15-12-32)44-22-24-45(25-23-44)38(46)29-42-20-18-41(19-21-42)28-31-8-6-30(7-9-31)10-17-39(47)49-3/h6-17,26-27H,4-5,18-25,28-29H2,1-3H3/b17-10+. The zero-order valence-electron chi connectivity index (χ0n) is 29.3. The summed E-state index contributed by atoms with van der Waals surface area (Å²) in [5, 5.41) is 0.919. The minimum absolute atomic E-state index is 0.131. The molecule has 10 heteroatoms. The van der Waals surface area contributed by atoms with Gasteiger partial charge in [-0.3, -0.25) is 19.4 Å². The Kier molecular flexibility index (Phi) is 11.3. The number of hydrogen-bond donors (Lipinski definition) is 0. The zero-order chi connectivity index (χ0) is 35.0. The molecule has 0 spiro atoms. The number of carbonyl (C=O) groups excluding carboxylic acids is 3. The minimum Gasteiger partial charge on any atom is -0.466 e. The average Bonchev–Trinajstić information content (AvgIpc) is 3.59. The molecule has 2 saturated heterocycles. The molecule has 0 atom stereocenters. The van der Waals surface area contributed by atoms with Crippen LogP contribution in [0.15, 0.2) is 83.3 Å². The van der Waals surface area contributed by atoms with Crippen LogP contribution in [-0.4, -0.2) is 111 Å². The molecular weight excluding hydrogens is 630 g/mol. The summed E-state index contributed by atoms with van der Waals surface area (Å²) in [5.41, 5.74) is 5.62. The molecule has 0 bridgehead atoms. The van der Waals surface area contributed by atoms with Gasteiger partial charge in [-0.1, -0.05) is 24.3 Å². The van der Waals surface area contributed by atoms with Gasteiger partial charge in [0.25, 0.3) is 0 Å². The van der Waals surface area contributed by atoms with Crippen molar-refractivity contribution in [3.05, 3.63) is 101 Å². The lowest BCUT2D eigenvalue weighted by molar-refractivity contribution is -0.135. The van der Waals surface area contributed by atoms with Crippen molar-refractivity contribution in [3.8, 4) is 0 Å². The van der Waals surface area contributed by atoms with Crippen LogP contribution in [0, 0.1) is 0 Å². The normalized spacial score (nSPS) is 15.9. The number of esters is 1. The second kappa shape index (κ2) is 16.2. The maximum Gasteiger partial charge on any atom is 0.330 e. The number of ether oxygens (including phenoxy) is 1. The highest BCUT2D eigenvalue weighted by Gasteiger charge is 2.25. The molecule has 1 amide bonds. The van der Waals surface area contributed by atoms with Crippen molar-refractivity contribution in [2.24, 2.45) is 0 Å². The number of rotatable bonds is 12. The Morgan fingerprint density at radius 1 is 0.800 bits per heavy atom. The lowest BCUT2D eigenvalue weighted by atomic mass is 10.1. The number of anilines is 2. The van der Waals surface area contributed by atoms with E-state index in [0.29, 0.717) is 31.0 Å². The summed E-state index contributed by atoms with van der Waals surface area (Å²) in [6.07, 6.45) is 3.17. The summed E-state index contributed by atoms with van der Waals surface area (Å²) in [4.78, 5) is 49.0. The Bertz CT molecular complexity index is 1800. The molecule has 1 aromatic heterocycles. The molecule has 3 aromatic carbocycles. The van der Waals surface area contributed by atoms with Crippen LogP contribution < -0.4 is 9.80 Å². The minimum atomic E-state index is -0.366. The van der Waals surface area contributed by atoms with Gasteiger partial charge in [0.15, 0.2) is 5.76 Å². The number of hydrogen-bond acceptors (Lipinski definition) is 9. The van der Waals surface area contributed by atoms with E-state index in [1.165, 1.54) is 18.7 Å². The van der Waals surface area contributed by atoms with Crippen molar-refractivity contribution in [2.45, 2.75) is 20.4 Å². The number of methoxy groups -OCH3 is 1. The summed E-state index contributed by atoms with van der Waals surface area (Å²) in [6, 6.07) is 23.8. The summed E-state index contributed by atoms with van der Waals surface area (Å²) < 4.78 is 10.7. The molecule has 0 unspecified atom stereocenters. The van der Waals surface area contributed by atoms with Gasteiger partial charge >= 0.3 is 5.97 Å². The number of furan rings is 1. The fraction of sp³-hybridized carbons (Fsp3) is 0.375. The highest BCUT2D eigenvalue weighted by molar-refractivity contribution is 6.09. The first-order valence-electron chi connectivity index (χ1n) is 17.6. The molecule has 6 rings (SSSR count). The van der Waals surface area contributed by atoms with Crippen LogP contribution in [0.25, 0.3) is 17.0 Å². The molecule has 50 heavy (non-hydrogen) atoms. The molecule has 4 aromatic rings. The highest BCUT2D eigenvalue weighted by atomic mass is 16.5. The Morgan fingerprint density at radius 2 is 1.48 bits per heavy atom. The summed E-state index contributed by atoms with van der Waals surface area (Å²) in [6.45, 7) is 13.8.